The summed E-state index contributed by atoms with van der Waals surface area (Å²) in [5, 5.41) is 0. The van der Waals surface area contributed by atoms with Crippen molar-refractivity contribution in [3.8, 4) is 0 Å². The van der Waals surface area contributed by atoms with Crippen LogP contribution in [0.1, 0.15) is 38.2 Å². The molecule has 2 rings (SSSR count). The van der Waals surface area contributed by atoms with Crippen molar-refractivity contribution in [3.63, 3.8) is 0 Å². The number of benzene rings is 1. The van der Waals surface area contributed by atoms with Gasteiger partial charge in [0, 0.05) is 12.6 Å². The van der Waals surface area contributed by atoms with Crippen LogP contribution >= 0.6 is 0 Å². The lowest BCUT2D eigenvalue weighted by Crippen LogP contribution is -2.38. The van der Waals surface area contributed by atoms with Crippen molar-refractivity contribution in [2.45, 2.75) is 45.2 Å². The Labute approximate surface area is 105 Å². The molecule has 1 aliphatic heterocycles. The van der Waals surface area contributed by atoms with Gasteiger partial charge in [0.05, 0.1) is 0 Å². The first kappa shape index (κ1) is 12.4. The summed E-state index contributed by atoms with van der Waals surface area (Å²) in [5.74, 6) is 0. The van der Waals surface area contributed by atoms with E-state index in [1.54, 1.807) is 0 Å². The molecule has 1 aliphatic rings. The summed E-state index contributed by atoms with van der Waals surface area (Å²) in [6, 6.07) is 11.6. The average molecular weight is 229 g/mol. The zero-order valence-corrected chi connectivity index (χ0v) is 10.8. The molecule has 0 aromatic heterocycles. The Bertz CT molecular complexity index is 342. The molecule has 1 aromatic carbocycles. The van der Waals surface area contributed by atoms with Crippen LogP contribution < -0.4 is 0 Å². The Hall–Kier alpha value is -1.08. The Morgan fingerprint density at radius 1 is 1.24 bits per heavy atom. The van der Waals surface area contributed by atoms with Gasteiger partial charge in [0.25, 0.3) is 0 Å². The molecule has 0 bridgehead atoms. The SMILES string of the molecule is C/C=C/C[C@@H]1CCCCN1Cc1ccccc1. The van der Waals surface area contributed by atoms with E-state index in [0.717, 1.165) is 12.6 Å². The van der Waals surface area contributed by atoms with Gasteiger partial charge in [-0.05, 0) is 38.3 Å². The lowest BCUT2D eigenvalue weighted by molar-refractivity contribution is 0.141. The lowest BCUT2D eigenvalue weighted by atomic mass is 9.98. The molecule has 1 aromatic rings. The molecule has 92 valence electrons. The summed E-state index contributed by atoms with van der Waals surface area (Å²) in [5.41, 5.74) is 1.44. The summed E-state index contributed by atoms with van der Waals surface area (Å²) < 4.78 is 0. The smallest absolute Gasteiger partial charge is 0.0236 e. The van der Waals surface area contributed by atoms with Gasteiger partial charge in [-0.15, -0.1) is 0 Å². The Morgan fingerprint density at radius 3 is 2.82 bits per heavy atom. The molecule has 0 radical (unpaired) electrons. The maximum absolute atomic E-state index is 2.65. The van der Waals surface area contributed by atoms with Crippen molar-refractivity contribution < 1.29 is 0 Å². The molecule has 1 heteroatoms. The van der Waals surface area contributed by atoms with E-state index >= 15 is 0 Å². The van der Waals surface area contributed by atoms with Crippen LogP contribution in [0.4, 0.5) is 0 Å². The highest BCUT2D eigenvalue weighted by atomic mass is 15.2. The molecule has 0 unspecified atom stereocenters. The fourth-order valence-corrected chi connectivity index (χ4v) is 2.65. The molecule has 0 aliphatic carbocycles. The summed E-state index contributed by atoms with van der Waals surface area (Å²) in [4.78, 5) is 2.65. The number of likely N-dealkylation sites (tertiary alicyclic amines) is 1. The first-order valence-electron chi connectivity index (χ1n) is 6.79. The standard InChI is InChI=1S/C16H23N/c1-2-3-11-16-12-7-8-13-17(16)14-15-9-5-4-6-10-15/h2-6,9-10,16H,7-8,11-14H2,1H3/b3-2+/t16-/m1/s1. The second-order valence-electron chi connectivity index (χ2n) is 4.91. The van der Waals surface area contributed by atoms with Crippen LogP contribution in [0.25, 0.3) is 0 Å². The van der Waals surface area contributed by atoms with Crippen LogP contribution in [0.5, 0.6) is 0 Å². The number of piperidine rings is 1. The molecule has 1 saturated heterocycles. The number of hydrogen-bond donors (Lipinski definition) is 0. The van der Waals surface area contributed by atoms with E-state index < -0.39 is 0 Å². The minimum absolute atomic E-state index is 0.750. The van der Waals surface area contributed by atoms with E-state index in [1.807, 2.05) is 0 Å². The Balaban J connectivity index is 1.96. The molecule has 1 nitrogen and oxygen atoms in total. The van der Waals surface area contributed by atoms with E-state index in [-0.39, 0.29) is 0 Å². The molecule has 1 atom stereocenters. The molecule has 1 fully saturated rings. The normalized spacial score (nSPS) is 22.1. The van der Waals surface area contributed by atoms with Gasteiger partial charge in [-0.25, -0.2) is 0 Å². The second-order valence-corrected chi connectivity index (χ2v) is 4.91. The quantitative estimate of drug-likeness (QED) is 0.705. The zero-order valence-electron chi connectivity index (χ0n) is 10.8. The third kappa shape index (κ3) is 3.71. The zero-order chi connectivity index (χ0) is 11.9. The second kappa shape index (κ2) is 6.61. The van der Waals surface area contributed by atoms with Crippen molar-refractivity contribution in [1.29, 1.82) is 0 Å². The van der Waals surface area contributed by atoms with Crippen LogP contribution in [0, 0.1) is 0 Å². The highest BCUT2D eigenvalue weighted by Gasteiger charge is 2.20. The predicted molar refractivity (Wildman–Crippen MR) is 73.9 cm³/mol. The highest BCUT2D eigenvalue weighted by Crippen LogP contribution is 2.22. The van der Waals surface area contributed by atoms with Gasteiger partial charge in [-0.1, -0.05) is 48.9 Å². The molecule has 0 N–H and O–H groups in total. The lowest BCUT2D eigenvalue weighted by Gasteiger charge is -2.35. The largest absolute Gasteiger partial charge is 0.296 e. The van der Waals surface area contributed by atoms with Crippen molar-refractivity contribution in [2.75, 3.05) is 6.54 Å². The summed E-state index contributed by atoms with van der Waals surface area (Å²) >= 11 is 0. The van der Waals surface area contributed by atoms with Crippen LogP contribution in [0.15, 0.2) is 42.5 Å². The van der Waals surface area contributed by atoms with E-state index in [0.29, 0.717) is 0 Å². The van der Waals surface area contributed by atoms with Gasteiger partial charge in [0.15, 0.2) is 0 Å². The average Bonchev–Trinajstić information content (AvgIpc) is 2.39. The molecule has 0 saturated carbocycles. The number of allylic oxidation sites excluding steroid dienone is 1. The molecular weight excluding hydrogens is 206 g/mol. The molecular formula is C16H23N. The topological polar surface area (TPSA) is 3.24 Å². The third-order valence-electron chi connectivity index (χ3n) is 3.62. The van der Waals surface area contributed by atoms with Gasteiger partial charge >= 0.3 is 0 Å². The first-order chi connectivity index (χ1) is 8.40. The van der Waals surface area contributed by atoms with Crippen LogP contribution in [-0.2, 0) is 6.54 Å². The van der Waals surface area contributed by atoms with Gasteiger partial charge in [0.1, 0.15) is 0 Å². The van der Waals surface area contributed by atoms with Gasteiger partial charge < -0.3 is 0 Å². The highest BCUT2D eigenvalue weighted by molar-refractivity contribution is 5.14. The predicted octanol–water partition coefficient (Wildman–Crippen LogP) is 4.01. The molecule has 0 spiro atoms. The molecule has 17 heavy (non-hydrogen) atoms. The first-order valence-corrected chi connectivity index (χ1v) is 6.79. The number of hydrogen-bond acceptors (Lipinski definition) is 1. The number of rotatable bonds is 4. The maximum Gasteiger partial charge on any atom is 0.0236 e. The van der Waals surface area contributed by atoms with E-state index in [2.05, 4.69) is 54.3 Å². The number of nitrogens with zero attached hydrogens (tertiary/aromatic N) is 1. The van der Waals surface area contributed by atoms with Crippen molar-refractivity contribution in [2.24, 2.45) is 0 Å². The maximum atomic E-state index is 2.65. The van der Waals surface area contributed by atoms with Gasteiger partial charge in [0.2, 0.25) is 0 Å². The monoisotopic (exact) mass is 229 g/mol. The molecule has 0 amide bonds. The summed E-state index contributed by atoms with van der Waals surface area (Å²) in [6.45, 7) is 4.49. The van der Waals surface area contributed by atoms with E-state index in [4.69, 9.17) is 0 Å². The van der Waals surface area contributed by atoms with Gasteiger partial charge in [-0.2, -0.15) is 0 Å². The van der Waals surface area contributed by atoms with Crippen molar-refractivity contribution in [3.05, 3.63) is 48.0 Å². The fourth-order valence-electron chi connectivity index (χ4n) is 2.65. The van der Waals surface area contributed by atoms with Crippen molar-refractivity contribution in [1.82, 2.24) is 4.90 Å². The van der Waals surface area contributed by atoms with E-state index in [9.17, 15) is 0 Å². The van der Waals surface area contributed by atoms with E-state index in [1.165, 1.54) is 37.8 Å². The van der Waals surface area contributed by atoms with Crippen LogP contribution in [0.2, 0.25) is 0 Å². The third-order valence-corrected chi connectivity index (χ3v) is 3.62. The van der Waals surface area contributed by atoms with Crippen LogP contribution in [0.3, 0.4) is 0 Å². The Kier molecular flexibility index (Phi) is 4.81. The fraction of sp³-hybridized carbons (Fsp3) is 0.500. The minimum Gasteiger partial charge on any atom is -0.296 e. The summed E-state index contributed by atoms with van der Waals surface area (Å²) in [7, 11) is 0. The van der Waals surface area contributed by atoms with Crippen LogP contribution in [-0.4, -0.2) is 17.5 Å². The Morgan fingerprint density at radius 2 is 2.06 bits per heavy atom. The molecule has 1 heterocycles. The summed E-state index contributed by atoms with van der Waals surface area (Å²) in [6.07, 6.45) is 9.82. The minimum atomic E-state index is 0.750. The van der Waals surface area contributed by atoms with Gasteiger partial charge in [-0.3, -0.25) is 4.90 Å². The van der Waals surface area contributed by atoms with Crippen molar-refractivity contribution >= 4 is 0 Å².